The molecule has 6 heteroatoms. The van der Waals surface area contributed by atoms with E-state index in [0.717, 1.165) is 26.2 Å². The minimum absolute atomic E-state index is 0.184. The van der Waals surface area contributed by atoms with E-state index in [-0.39, 0.29) is 6.61 Å². The molecule has 114 valence electrons. The maximum atomic E-state index is 11.9. The van der Waals surface area contributed by atoms with Crippen molar-refractivity contribution in [1.82, 2.24) is 10.2 Å². The Kier molecular flexibility index (Phi) is 7.71. The molecule has 0 amide bonds. The fourth-order valence-corrected chi connectivity index (χ4v) is 2.45. The zero-order chi connectivity index (χ0) is 14.1. The van der Waals surface area contributed by atoms with E-state index in [1.807, 2.05) is 0 Å². The third-order valence-electron chi connectivity index (χ3n) is 3.38. The summed E-state index contributed by atoms with van der Waals surface area (Å²) in [4.78, 5) is 2.38. The second-order valence-corrected chi connectivity index (χ2v) is 5.01. The van der Waals surface area contributed by atoms with Gasteiger partial charge in [-0.1, -0.05) is 13.3 Å². The van der Waals surface area contributed by atoms with Crippen LogP contribution in [-0.2, 0) is 4.74 Å². The van der Waals surface area contributed by atoms with Crippen LogP contribution in [-0.4, -0.2) is 56.5 Å². The molecule has 1 N–H and O–H groups in total. The van der Waals surface area contributed by atoms with Crippen LogP contribution in [0.5, 0.6) is 0 Å². The predicted octanol–water partition coefficient (Wildman–Crippen LogP) is 2.42. The molecule has 1 saturated heterocycles. The molecular formula is C13H25F3N2O. The lowest BCUT2D eigenvalue weighted by Gasteiger charge is -2.35. The third-order valence-corrected chi connectivity index (χ3v) is 3.38. The van der Waals surface area contributed by atoms with Crippen molar-refractivity contribution in [1.29, 1.82) is 0 Å². The maximum absolute atomic E-state index is 11.9. The number of nitrogens with one attached hydrogen (secondary N) is 1. The quantitative estimate of drug-likeness (QED) is 0.692. The van der Waals surface area contributed by atoms with Gasteiger partial charge in [0.1, 0.15) is 6.61 Å². The summed E-state index contributed by atoms with van der Waals surface area (Å²) in [6.07, 6.45) is 0.0665. The van der Waals surface area contributed by atoms with Gasteiger partial charge < -0.3 is 10.1 Å². The van der Waals surface area contributed by atoms with Crippen LogP contribution in [0.2, 0.25) is 0 Å². The molecular weight excluding hydrogens is 257 g/mol. The van der Waals surface area contributed by atoms with Crippen molar-refractivity contribution in [3.63, 3.8) is 0 Å². The Morgan fingerprint density at radius 1 is 1.32 bits per heavy atom. The summed E-state index contributed by atoms with van der Waals surface area (Å²) >= 11 is 0. The number of ether oxygens (including phenoxy) is 1. The molecule has 0 aromatic heterocycles. The molecule has 1 heterocycles. The number of hydrogen-bond donors (Lipinski definition) is 1. The largest absolute Gasteiger partial charge is 0.411 e. The molecule has 0 saturated carbocycles. The van der Waals surface area contributed by atoms with Gasteiger partial charge in [0.25, 0.3) is 0 Å². The van der Waals surface area contributed by atoms with E-state index >= 15 is 0 Å². The molecule has 1 atom stereocenters. The molecule has 19 heavy (non-hydrogen) atoms. The highest BCUT2D eigenvalue weighted by molar-refractivity contribution is 4.78. The summed E-state index contributed by atoms with van der Waals surface area (Å²) in [6, 6.07) is 0.524. The van der Waals surface area contributed by atoms with Gasteiger partial charge in [0.05, 0.1) is 0 Å². The Morgan fingerprint density at radius 2 is 2.11 bits per heavy atom. The summed E-state index contributed by atoms with van der Waals surface area (Å²) in [5.74, 6) is 0. The first-order chi connectivity index (χ1) is 9.03. The highest BCUT2D eigenvalue weighted by Crippen LogP contribution is 2.17. The van der Waals surface area contributed by atoms with Crippen LogP contribution in [0.3, 0.4) is 0 Å². The molecule has 0 aromatic rings. The van der Waals surface area contributed by atoms with Crippen molar-refractivity contribution in [2.24, 2.45) is 0 Å². The van der Waals surface area contributed by atoms with E-state index in [1.165, 1.54) is 19.3 Å². The van der Waals surface area contributed by atoms with Crippen molar-refractivity contribution in [3.05, 3.63) is 0 Å². The van der Waals surface area contributed by atoms with Gasteiger partial charge in [0.2, 0.25) is 0 Å². The standard InChI is InChI=1S/C13H25F3N2O/c1-2-17-10-12-6-3-4-7-18(12)8-5-9-19-11-13(14,15)16/h12,17H,2-11H2,1H3. The molecule has 1 rings (SSSR count). The lowest BCUT2D eigenvalue weighted by Crippen LogP contribution is -2.46. The van der Waals surface area contributed by atoms with Gasteiger partial charge in [-0.2, -0.15) is 13.2 Å². The highest BCUT2D eigenvalue weighted by atomic mass is 19.4. The number of rotatable bonds is 8. The Hall–Kier alpha value is -0.330. The van der Waals surface area contributed by atoms with Crippen LogP contribution >= 0.6 is 0 Å². The minimum Gasteiger partial charge on any atom is -0.372 e. The second kappa shape index (κ2) is 8.76. The Bertz CT molecular complexity index is 236. The zero-order valence-corrected chi connectivity index (χ0v) is 11.6. The summed E-state index contributed by atoms with van der Waals surface area (Å²) in [6.45, 7) is 4.94. The van der Waals surface area contributed by atoms with Crippen LogP contribution in [0.4, 0.5) is 13.2 Å². The normalized spacial score (nSPS) is 21.8. The average molecular weight is 282 g/mol. The molecule has 1 aliphatic heterocycles. The molecule has 3 nitrogen and oxygen atoms in total. The number of hydrogen-bond acceptors (Lipinski definition) is 3. The average Bonchev–Trinajstić information content (AvgIpc) is 2.36. The van der Waals surface area contributed by atoms with Gasteiger partial charge in [-0.15, -0.1) is 0 Å². The summed E-state index contributed by atoms with van der Waals surface area (Å²) < 4.78 is 40.3. The summed E-state index contributed by atoms with van der Waals surface area (Å²) in [5.41, 5.74) is 0. The Labute approximate surface area is 113 Å². The molecule has 1 fully saturated rings. The number of likely N-dealkylation sites (tertiary alicyclic amines) is 1. The van der Waals surface area contributed by atoms with Crippen molar-refractivity contribution in [2.75, 3.05) is 39.4 Å². The zero-order valence-electron chi connectivity index (χ0n) is 11.6. The first-order valence-corrected chi connectivity index (χ1v) is 7.12. The lowest BCUT2D eigenvalue weighted by molar-refractivity contribution is -0.174. The fraction of sp³-hybridized carbons (Fsp3) is 1.00. The molecule has 0 spiro atoms. The first-order valence-electron chi connectivity index (χ1n) is 7.12. The van der Waals surface area contributed by atoms with Crippen LogP contribution in [0, 0.1) is 0 Å². The van der Waals surface area contributed by atoms with Crippen LogP contribution in [0.15, 0.2) is 0 Å². The third kappa shape index (κ3) is 7.74. The number of likely N-dealkylation sites (N-methyl/N-ethyl adjacent to an activating group) is 1. The van der Waals surface area contributed by atoms with Crippen molar-refractivity contribution >= 4 is 0 Å². The van der Waals surface area contributed by atoms with Gasteiger partial charge in [-0.25, -0.2) is 0 Å². The van der Waals surface area contributed by atoms with Crippen LogP contribution in [0.1, 0.15) is 32.6 Å². The molecule has 0 aliphatic carbocycles. The van der Waals surface area contributed by atoms with E-state index in [1.54, 1.807) is 0 Å². The van der Waals surface area contributed by atoms with Crippen molar-refractivity contribution in [2.45, 2.75) is 44.8 Å². The van der Waals surface area contributed by atoms with Crippen molar-refractivity contribution in [3.8, 4) is 0 Å². The lowest BCUT2D eigenvalue weighted by atomic mass is 10.0. The number of piperidine rings is 1. The molecule has 0 radical (unpaired) electrons. The maximum Gasteiger partial charge on any atom is 0.411 e. The van der Waals surface area contributed by atoms with Crippen LogP contribution in [0.25, 0.3) is 0 Å². The van der Waals surface area contributed by atoms with E-state index in [4.69, 9.17) is 0 Å². The monoisotopic (exact) mass is 282 g/mol. The number of halogens is 3. The van der Waals surface area contributed by atoms with E-state index in [0.29, 0.717) is 12.5 Å². The van der Waals surface area contributed by atoms with E-state index < -0.39 is 12.8 Å². The summed E-state index contributed by atoms with van der Waals surface area (Å²) in [7, 11) is 0. The number of nitrogens with zero attached hydrogens (tertiary/aromatic N) is 1. The molecule has 0 aromatic carbocycles. The SMILES string of the molecule is CCNCC1CCCCN1CCCOCC(F)(F)F. The molecule has 1 aliphatic rings. The topological polar surface area (TPSA) is 24.5 Å². The van der Waals surface area contributed by atoms with Gasteiger partial charge in [-0.05, 0) is 32.4 Å². The first kappa shape index (κ1) is 16.7. The van der Waals surface area contributed by atoms with Crippen LogP contribution < -0.4 is 5.32 Å². The van der Waals surface area contributed by atoms with E-state index in [2.05, 4.69) is 21.9 Å². The van der Waals surface area contributed by atoms with Gasteiger partial charge in [-0.3, -0.25) is 4.90 Å². The highest BCUT2D eigenvalue weighted by Gasteiger charge is 2.27. The molecule has 0 bridgehead atoms. The van der Waals surface area contributed by atoms with Gasteiger partial charge in [0, 0.05) is 25.7 Å². The van der Waals surface area contributed by atoms with E-state index in [9.17, 15) is 13.2 Å². The summed E-state index contributed by atoms with van der Waals surface area (Å²) in [5, 5.41) is 3.35. The smallest absolute Gasteiger partial charge is 0.372 e. The Balaban J connectivity index is 2.14. The van der Waals surface area contributed by atoms with Crippen molar-refractivity contribution < 1.29 is 17.9 Å². The Morgan fingerprint density at radius 3 is 2.79 bits per heavy atom. The predicted molar refractivity (Wildman–Crippen MR) is 69.2 cm³/mol. The second-order valence-electron chi connectivity index (χ2n) is 5.01. The number of alkyl halides is 3. The minimum atomic E-state index is -4.21. The van der Waals surface area contributed by atoms with Gasteiger partial charge in [0.15, 0.2) is 0 Å². The van der Waals surface area contributed by atoms with Gasteiger partial charge >= 0.3 is 6.18 Å². The molecule has 1 unspecified atom stereocenters. The fourth-order valence-electron chi connectivity index (χ4n) is 2.45.